The van der Waals surface area contributed by atoms with Crippen LogP contribution < -0.4 is 0 Å². The van der Waals surface area contributed by atoms with Crippen molar-refractivity contribution in [1.29, 1.82) is 0 Å². The molecule has 1 rings (SSSR count). The number of hydrogen-bond donors (Lipinski definition) is 3. The maximum absolute atomic E-state index is 10.4. The predicted molar refractivity (Wildman–Crippen MR) is 101 cm³/mol. The SMILES string of the molecule is C=C(COC)/C(=C/CO)C(O)CC/C(C)=C/c1cc(Br)ccc1O. The minimum atomic E-state index is -0.723. The van der Waals surface area contributed by atoms with Crippen LogP contribution in [0, 0.1) is 0 Å². The molecule has 0 aliphatic heterocycles. The van der Waals surface area contributed by atoms with Crippen LogP contribution in [-0.2, 0) is 4.74 Å². The maximum Gasteiger partial charge on any atom is 0.122 e. The van der Waals surface area contributed by atoms with Crippen LogP contribution in [0.25, 0.3) is 6.08 Å². The van der Waals surface area contributed by atoms with Crippen molar-refractivity contribution in [2.75, 3.05) is 20.3 Å². The fraction of sp³-hybridized carbons (Fsp3) is 0.368. The Morgan fingerprint density at radius 1 is 1.42 bits per heavy atom. The Morgan fingerprint density at radius 2 is 2.12 bits per heavy atom. The van der Waals surface area contributed by atoms with Crippen LogP contribution in [0.15, 0.2) is 52.0 Å². The zero-order valence-corrected chi connectivity index (χ0v) is 15.7. The first-order valence-electron chi connectivity index (χ1n) is 7.70. The van der Waals surface area contributed by atoms with Crippen LogP contribution in [-0.4, -0.2) is 41.7 Å². The van der Waals surface area contributed by atoms with E-state index in [-0.39, 0.29) is 12.4 Å². The minimum Gasteiger partial charge on any atom is -0.507 e. The molecule has 0 fully saturated rings. The highest BCUT2D eigenvalue weighted by molar-refractivity contribution is 9.10. The van der Waals surface area contributed by atoms with Crippen LogP contribution in [0.2, 0.25) is 0 Å². The summed E-state index contributed by atoms with van der Waals surface area (Å²) in [5.41, 5.74) is 3.03. The van der Waals surface area contributed by atoms with Crippen molar-refractivity contribution in [3.63, 3.8) is 0 Å². The smallest absolute Gasteiger partial charge is 0.122 e. The molecule has 0 aliphatic rings. The summed E-state index contributed by atoms with van der Waals surface area (Å²) >= 11 is 3.38. The quantitative estimate of drug-likeness (QED) is 0.554. The van der Waals surface area contributed by atoms with Gasteiger partial charge >= 0.3 is 0 Å². The van der Waals surface area contributed by atoms with E-state index >= 15 is 0 Å². The number of aliphatic hydroxyl groups is 2. The van der Waals surface area contributed by atoms with Crippen molar-refractivity contribution in [2.45, 2.75) is 25.9 Å². The summed E-state index contributed by atoms with van der Waals surface area (Å²) in [5.74, 6) is 0.215. The molecule has 0 spiro atoms. The van der Waals surface area contributed by atoms with Crippen LogP contribution in [0.4, 0.5) is 0 Å². The summed E-state index contributed by atoms with van der Waals surface area (Å²) in [5, 5.41) is 29.4. The molecule has 0 amide bonds. The number of ether oxygens (including phenoxy) is 1. The van der Waals surface area contributed by atoms with Crippen LogP contribution >= 0.6 is 15.9 Å². The number of aliphatic hydroxyl groups excluding tert-OH is 2. The van der Waals surface area contributed by atoms with Crippen molar-refractivity contribution in [1.82, 2.24) is 0 Å². The number of rotatable bonds is 9. The molecule has 3 N–H and O–H groups in total. The largest absolute Gasteiger partial charge is 0.507 e. The maximum atomic E-state index is 10.4. The van der Waals surface area contributed by atoms with Gasteiger partial charge in [-0.1, -0.05) is 40.2 Å². The van der Waals surface area contributed by atoms with E-state index in [4.69, 9.17) is 9.84 Å². The molecule has 0 aromatic heterocycles. The number of phenolic OH excluding ortho intramolecular Hbond substituents is 1. The molecule has 0 saturated heterocycles. The first-order chi connectivity index (χ1) is 11.4. The average molecular weight is 397 g/mol. The van der Waals surface area contributed by atoms with Gasteiger partial charge in [-0.3, -0.25) is 0 Å². The highest BCUT2D eigenvalue weighted by Crippen LogP contribution is 2.26. The monoisotopic (exact) mass is 396 g/mol. The van der Waals surface area contributed by atoms with Crippen LogP contribution in [0.3, 0.4) is 0 Å². The Kier molecular flexibility index (Phi) is 9.00. The highest BCUT2D eigenvalue weighted by Gasteiger charge is 2.14. The van der Waals surface area contributed by atoms with Crippen molar-refractivity contribution >= 4 is 22.0 Å². The third kappa shape index (κ3) is 6.61. The highest BCUT2D eigenvalue weighted by atomic mass is 79.9. The lowest BCUT2D eigenvalue weighted by Crippen LogP contribution is -2.15. The average Bonchev–Trinajstić information content (AvgIpc) is 2.54. The molecule has 132 valence electrons. The molecule has 0 aliphatic carbocycles. The fourth-order valence-electron chi connectivity index (χ4n) is 2.37. The van der Waals surface area contributed by atoms with Gasteiger partial charge in [-0.2, -0.15) is 0 Å². The second-order valence-electron chi connectivity index (χ2n) is 5.63. The predicted octanol–water partition coefficient (Wildman–Crippen LogP) is 3.82. The normalized spacial score (nSPS) is 13.9. The summed E-state index contributed by atoms with van der Waals surface area (Å²) in [6.45, 7) is 5.99. The van der Waals surface area contributed by atoms with Gasteiger partial charge < -0.3 is 20.1 Å². The number of methoxy groups -OCH3 is 1. The van der Waals surface area contributed by atoms with Gasteiger partial charge in [0.25, 0.3) is 0 Å². The van der Waals surface area contributed by atoms with Crippen molar-refractivity contribution < 1.29 is 20.1 Å². The Labute approximate surface area is 151 Å². The molecule has 0 bridgehead atoms. The zero-order valence-electron chi connectivity index (χ0n) is 14.1. The Hall–Kier alpha value is -1.40. The molecule has 5 heteroatoms. The van der Waals surface area contributed by atoms with Gasteiger partial charge in [-0.25, -0.2) is 0 Å². The zero-order chi connectivity index (χ0) is 18.1. The fourth-order valence-corrected chi connectivity index (χ4v) is 2.75. The third-order valence-corrected chi connectivity index (χ3v) is 4.09. The van der Waals surface area contributed by atoms with Crippen LogP contribution in [0.1, 0.15) is 25.3 Å². The summed E-state index contributed by atoms with van der Waals surface area (Å²) < 4.78 is 5.93. The summed E-state index contributed by atoms with van der Waals surface area (Å²) in [6.07, 6.45) is 3.87. The Balaban J connectivity index is 2.75. The molecule has 1 atom stereocenters. The first-order valence-corrected chi connectivity index (χ1v) is 8.50. The van der Waals surface area contributed by atoms with Gasteiger partial charge in [0.05, 0.1) is 19.3 Å². The molecule has 24 heavy (non-hydrogen) atoms. The second kappa shape index (κ2) is 10.5. The second-order valence-corrected chi connectivity index (χ2v) is 6.54. The number of hydrogen-bond acceptors (Lipinski definition) is 4. The van der Waals surface area contributed by atoms with Gasteiger partial charge in [0.2, 0.25) is 0 Å². The topological polar surface area (TPSA) is 69.9 Å². The van der Waals surface area contributed by atoms with E-state index in [1.54, 1.807) is 25.3 Å². The number of phenols is 1. The van der Waals surface area contributed by atoms with E-state index in [1.165, 1.54) is 0 Å². The minimum absolute atomic E-state index is 0.157. The van der Waals surface area contributed by atoms with E-state index in [9.17, 15) is 10.2 Å². The van der Waals surface area contributed by atoms with E-state index in [1.807, 2.05) is 19.1 Å². The molecule has 0 heterocycles. The van der Waals surface area contributed by atoms with Crippen LogP contribution in [0.5, 0.6) is 5.75 Å². The summed E-state index contributed by atoms with van der Waals surface area (Å²) in [7, 11) is 1.56. The van der Waals surface area contributed by atoms with Crippen molar-refractivity contribution in [2.24, 2.45) is 0 Å². The number of aromatic hydroxyl groups is 1. The lowest BCUT2D eigenvalue weighted by Gasteiger charge is -2.17. The lowest BCUT2D eigenvalue weighted by molar-refractivity contribution is 0.190. The molecule has 1 aromatic rings. The lowest BCUT2D eigenvalue weighted by atomic mass is 9.96. The molecule has 1 aromatic carbocycles. The van der Waals surface area contributed by atoms with Crippen molar-refractivity contribution in [3.05, 3.63) is 57.6 Å². The van der Waals surface area contributed by atoms with E-state index in [2.05, 4.69) is 22.5 Å². The van der Waals surface area contributed by atoms with Gasteiger partial charge in [-0.05, 0) is 49.1 Å². The van der Waals surface area contributed by atoms with E-state index < -0.39 is 6.10 Å². The number of benzene rings is 1. The van der Waals surface area contributed by atoms with Gasteiger partial charge in [0.15, 0.2) is 0 Å². The number of halogens is 1. The summed E-state index contributed by atoms with van der Waals surface area (Å²) in [6, 6.07) is 5.25. The number of allylic oxidation sites excluding steroid dienone is 1. The summed E-state index contributed by atoms with van der Waals surface area (Å²) in [4.78, 5) is 0. The van der Waals surface area contributed by atoms with Gasteiger partial charge in [0.1, 0.15) is 5.75 Å². The van der Waals surface area contributed by atoms with Gasteiger partial charge in [-0.15, -0.1) is 0 Å². The standard InChI is InChI=1S/C19H25BrO4/c1-13(10-15-11-16(20)5-7-18(15)22)4-6-19(23)17(8-9-21)14(2)12-24-3/h5,7-8,10-11,19,21-23H,2,4,6,9,12H2,1,3H3/b13-10+,17-8-. The molecule has 0 saturated carbocycles. The first kappa shape index (κ1) is 20.6. The Morgan fingerprint density at radius 3 is 2.75 bits per heavy atom. The van der Waals surface area contributed by atoms with Gasteiger partial charge in [0, 0.05) is 17.1 Å². The molecule has 0 radical (unpaired) electrons. The molecule has 4 nitrogen and oxygen atoms in total. The Bertz CT molecular complexity index is 620. The molecule has 1 unspecified atom stereocenters. The van der Waals surface area contributed by atoms with Crippen molar-refractivity contribution in [3.8, 4) is 5.75 Å². The van der Waals surface area contributed by atoms with E-state index in [0.717, 1.165) is 15.6 Å². The molecular weight excluding hydrogens is 372 g/mol. The van der Waals surface area contributed by atoms with E-state index in [0.29, 0.717) is 30.6 Å². The molecular formula is C19H25BrO4. The third-order valence-electron chi connectivity index (χ3n) is 3.60.